The van der Waals surface area contributed by atoms with Crippen LogP contribution < -0.4 is 20.7 Å². The number of hydrogen-bond donors (Lipinski definition) is 3. The summed E-state index contributed by atoms with van der Waals surface area (Å²) in [6.07, 6.45) is -0.467. The quantitative estimate of drug-likeness (QED) is 0.601. The average Bonchev–Trinajstić information content (AvgIpc) is 2.70. The van der Waals surface area contributed by atoms with Crippen LogP contribution in [0.4, 0.5) is 10.5 Å². The highest BCUT2D eigenvalue weighted by Gasteiger charge is 2.16. The van der Waals surface area contributed by atoms with Crippen LogP contribution in [-0.2, 0) is 27.3 Å². The summed E-state index contributed by atoms with van der Waals surface area (Å²) in [6, 6.07) is 14.5. The van der Waals surface area contributed by atoms with Crippen molar-refractivity contribution in [2.75, 3.05) is 19.0 Å². The van der Waals surface area contributed by atoms with Crippen LogP contribution in [-0.4, -0.2) is 37.2 Å². The van der Waals surface area contributed by atoms with E-state index < -0.39 is 11.7 Å². The van der Waals surface area contributed by atoms with E-state index in [4.69, 9.17) is 9.47 Å². The van der Waals surface area contributed by atoms with Crippen molar-refractivity contribution in [1.82, 2.24) is 10.6 Å². The first kappa shape index (κ1) is 23.7. The van der Waals surface area contributed by atoms with Gasteiger partial charge >= 0.3 is 6.09 Å². The molecular formula is C23H29N3O5. The van der Waals surface area contributed by atoms with Gasteiger partial charge in [0.2, 0.25) is 11.8 Å². The van der Waals surface area contributed by atoms with Crippen LogP contribution in [0.2, 0.25) is 0 Å². The Balaban J connectivity index is 1.87. The summed E-state index contributed by atoms with van der Waals surface area (Å²) in [5.41, 5.74) is 1.54. The molecule has 3 amide bonds. The molecule has 0 atom stereocenters. The zero-order valence-corrected chi connectivity index (χ0v) is 18.3. The van der Waals surface area contributed by atoms with Crippen molar-refractivity contribution in [3.63, 3.8) is 0 Å². The number of hydrogen-bond acceptors (Lipinski definition) is 5. The van der Waals surface area contributed by atoms with E-state index >= 15 is 0 Å². The Bertz CT molecular complexity index is 921. The minimum Gasteiger partial charge on any atom is -0.497 e. The molecule has 0 unspecified atom stereocenters. The summed E-state index contributed by atoms with van der Waals surface area (Å²) in [5, 5.41) is 8.00. The Morgan fingerprint density at radius 1 is 0.935 bits per heavy atom. The van der Waals surface area contributed by atoms with Crippen LogP contribution in [0.1, 0.15) is 31.9 Å². The smallest absolute Gasteiger partial charge is 0.408 e. The maximum Gasteiger partial charge on any atom is 0.408 e. The fourth-order valence-corrected chi connectivity index (χ4v) is 2.68. The Labute approximate surface area is 182 Å². The van der Waals surface area contributed by atoms with Crippen LogP contribution >= 0.6 is 0 Å². The lowest BCUT2D eigenvalue weighted by atomic mass is 10.1. The lowest BCUT2D eigenvalue weighted by molar-refractivity contribution is -0.120. The molecule has 166 valence electrons. The van der Waals surface area contributed by atoms with Gasteiger partial charge in [-0.3, -0.25) is 9.59 Å². The van der Waals surface area contributed by atoms with Gasteiger partial charge in [0, 0.05) is 12.2 Å². The van der Waals surface area contributed by atoms with Crippen molar-refractivity contribution in [2.45, 2.75) is 39.3 Å². The molecule has 31 heavy (non-hydrogen) atoms. The second kappa shape index (κ2) is 11.0. The van der Waals surface area contributed by atoms with Crippen LogP contribution in [0.5, 0.6) is 5.75 Å². The van der Waals surface area contributed by atoms with E-state index in [1.54, 1.807) is 40.0 Å². The van der Waals surface area contributed by atoms with Gasteiger partial charge in [-0.1, -0.05) is 30.3 Å². The molecule has 8 nitrogen and oxygen atoms in total. The van der Waals surface area contributed by atoms with E-state index in [-0.39, 0.29) is 31.3 Å². The Morgan fingerprint density at radius 3 is 2.39 bits per heavy atom. The highest BCUT2D eigenvalue weighted by molar-refractivity contribution is 5.93. The van der Waals surface area contributed by atoms with Gasteiger partial charge in [0.15, 0.2) is 0 Å². The molecule has 0 aliphatic carbocycles. The maximum absolute atomic E-state index is 12.5. The van der Waals surface area contributed by atoms with Gasteiger partial charge in [-0.15, -0.1) is 0 Å². The summed E-state index contributed by atoms with van der Waals surface area (Å²) < 4.78 is 10.3. The minimum absolute atomic E-state index is 0.182. The number of anilines is 1. The molecule has 0 fully saturated rings. The largest absolute Gasteiger partial charge is 0.497 e. The van der Waals surface area contributed by atoms with Crippen molar-refractivity contribution in [2.24, 2.45) is 0 Å². The van der Waals surface area contributed by atoms with Gasteiger partial charge in [0.25, 0.3) is 0 Å². The Kier molecular flexibility index (Phi) is 8.43. The number of methoxy groups -OCH3 is 1. The molecule has 0 spiro atoms. The van der Waals surface area contributed by atoms with Crippen molar-refractivity contribution < 1.29 is 23.9 Å². The third kappa shape index (κ3) is 8.77. The minimum atomic E-state index is -0.659. The molecule has 0 aliphatic heterocycles. The number of carbonyl (C=O) groups excluding carboxylic acids is 3. The molecule has 2 aromatic carbocycles. The molecule has 3 N–H and O–H groups in total. The standard InChI is InChI=1S/C23H29N3O5/c1-23(2,3)31-22(29)25-15-21(28)24-14-17-9-5-6-11-19(17)26-20(27)13-16-8-7-10-18(12-16)30-4/h5-12H,13-15H2,1-4H3,(H,24,28)(H,25,29)(H,26,27). The van der Waals surface area contributed by atoms with Gasteiger partial charge in [-0.25, -0.2) is 4.79 Å². The molecule has 0 bridgehead atoms. The molecular weight excluding hydrogens is 398 g/mol. The van der Waals surface area contributed by atoms with Gasteiger partial charge < -0.3 is 25.4 Å². The van der Waals surface area contributed by atoms with E-state index in [1.165, 1.54) is 0 Å². The zero-order chi connectivity index (χ0) is 22.9. The molecule has 0 saturated carbocycles. The molecule has 0 radical (unpaired) electrons. The van der Waals surface area contributed by atoms with Crippen molar-refractivity contribution in [3.8, 4) is 5.75 Å². The lowest BCUT2D eigenvalue weighted by Crippen LogP contribution is -2.39. The second-order valence-corrected chi connectivity index (χ2v) is 7.87. The third-order valence-corrected chi connectivity index (χ3v) is 4.06. The Morgan fingerprint density at radius 2 is 1.68 bits per heavy atom. The molecule has 2 aromatic rings. The Hall–Kier alpha value is -3.55. The van der Waals surface area contributed by atoms with E-state index in [0.717, 1.165) is 11.1 Å². The number of rotatable bonds is 8. The molecule has 2 rings (SSSR count). The fourth-order valence-electron chi connectivity index (χ4n) is 2.68. The van der Waals surface area contributed by atoms with Crippen molar-refractivity contribution in [1.29, 1.82) is 0 Å². The number of amides is 3. The molecule has 0 heterocycles. The summed E-state index contributed by atoms with van der Waals surface area (Å²) >= 11 is 0. The van der Waals surface area contributed by atoms with E-state index in [0.29, 0.717) is 11.4 Å². The fraction of sp³-hybridized carbons (Fsp3) is 0.348. The predicted molar refractivity (Wildman–Crippen MR) is 118 cm³/mol. The third-order valence-electron chi connectivity index (χ3n) is 4.06. The monoisotopic (exact) mass is 427 g/mol. The highest BCUT2D eigenvalue weighted by atomic mass is 16.6. The van der Waals surface area contributed by atoms with Gasteiger partial charge in [0.05, 0.1) is 13.5 Å². The van der Waals surface area contributed by atoms with Crippen LogP contribution in [0, 0.1) is 0 Å². The number of ether oxygens (including phenoxy) is 2. The predicted octanol–water partition coefficient (Wildman–Crippen LogP) is 3.02. The summed E-state index contributed by atoms with van der Waals surface area (Å²) in [7, 11) is 1.58. The van der Waals surface area contributed by atoms with Crippen LogP contribution in [0.25, 0.3) is 0 Å². The number of para-hydroxylation sites is 1. The topological polar surface area (TPSA) is 106 Å². The van der Waals surface area contributed by atoms with Crippen molar-refractivity contribution >= 4 is 23.6 Å². The second-order valence-electron chi connectivity index (χ2n) is 7.87. The highest BCUT2D eigenvalue weighted by Crippen LogP contribution is 2.17. The molecule has 0 aliphatic rings. The van der Waals surface area contributed by atoms with E-state index in [9.17, 15) is 14.4 Å². The molecule has 0 saturated heterocycles. The lowest BCUT2D eigenvalue weighted by Gasteiger charge is -2.19. The molecule has 8 heteroatoms. The SMILES string of the molecule is COc1cccc(CC(=O)Nc2ccccc2CNC(=O)CNC(=O)OC(C)(C)C)c1. The van der Waals surface area contributed by atoms with Gasteiger partial charge in [0.1, 0.15) is 17.9 Å². The molecule has 0 aromatic heterocycles. The van der Waals surface area contributed by atoms with Crippen LogP contribution in [0.15, 0.2) is 48.5 Å². The summed E-state index contributed by atoms with van der Waals surface area (Å²) in [5.74, 6) is 0.135. The summed E-state index contributed by atoms with van der Waals surface area (Å²) in [6.45, 7) is 5.22. The maximum atomic E-state index is 12.5. The van der Waals surface area contributed by atoms with E-state index in [1.807, 2.05) is 36.4 Å². The van der Waals surface area contributed by atoms with Crippen molar-refractivity contribution in [3.05, 3.63) is 59.7 Å². The number of nitrogens with one attached hydrogen (secondary N) is 3. The van der Waals surface area contributed by atoms with Crippen LogP contribution in [0.3, 0.4) is 0 Å². The van der Waals surface area contributed by atoms with Gasteiger partial charge in [-0.05, 0) is 50.1 Å². The zero-order valence-electron chi connectivity index (χ0n) is 18.3. The number of alkyl carbamates (subject to hydrolysis) is 1. The summed E-state index contributed by atoms with van der Waals surface area (Å²) in [4.78, 5) is 36.1. The van der Waals surface area contributed by atoms with E-state index in [2.05, 4.69) is 16.0 Å². The number of carbonyl (C=O) groups is 3. The first-order chi connectivity index (χ1) is 14.7. The number of benzene rings is 2. The average molecular weight is 428 g/mol. The first-order valence-electron chi connectivity index (χ1n) is 9.90. The first-order valence-corrected chi connectivity index (χ1v) is 9.90. The normalized spacial score (nSPS) is 10.7. The van der Waals surface area contributed by atoms with Gasteiger partial charge in [-0.2, -0.15) is 0 Å².